The van der Waals surface area contributed by atoms with Gasteiger partial charge in [-0.3, -0.25) is 0 Å². The second kappa shape index (κ2) is 4.25. The van der Waals surface area contributed by atoms with Crippen molar-refractivity contribution in [2.75, 3.05) is 18.8 Å². The molecule has 1 N–H and O–H groups in total. The van der Waals surface area contributed by atoms with Crippen molar-refractivity contribution in [3.63, 3.8) is 0 Å². The Hall–Kier alpha value is -0.0600. The molecule has 0 saturated carbocycles. The number of halogens is 1. The maximum absolute atomic E-state index is 10.6. The highest BCUT2D eigenvalue weighted by molar-refractivity contribution is 8.13. The number of piperidine rings is 1. The monoisotopic (exact) mass is 209 g/mol. The fourth-order valence-electron chi connectivity index (χ4n) is 1.17. The molecule has 1 saturated heterocycles. The maximum Gasteiger partial charge on any atom is 0.236 e. The SMILES string of the molecule is O=S(=O)(Cl)C/C=C1\CCCNC1. The van der Waals surface area contributed by atoms with Crippen molar-refractivity contribution in [1.82, 2.24) is 5.32 Å². The molecule has 0 aromatic carbocycles. The topological polar surface area (TPSA) is 46.2 Å². The van der Waals surface area contributed by atoms with Crippen LogP contribution in [0.5, 0.6) is 0 Å². The predicted octanol–water partition coefficient (Wildman–Crippen LogP) is 0.865. The third-order valence-electron chi connectivity index (χ3n) is 1.77. The summed E-state index contributed by atoms with van der Waals surface area (Å²) in [6, 6.07) is 0. The first kappa shape index (κ1) is 10.0. The van der Waals surface area contributed by atoms with E-state index in [-0.39, 0.29) is 5.75 Å². The molecule has 70 valence electrons. The second-order valence-electron chi connectivity index (χ2n) is 2.85. The molecule has 3 nitrogen and oxygen atoms in total. The predicted molar refractivity (Wildman–Crippen MR) is 49.8 cm³/mol. The molecule has 0 unspecified atom stereocenters. The van der Waals surface area contributed by atoms with Gasteiger partial charge in [0, 0.05) is 17.2 Å². The molecule has 1 aliphatic heterocycles. The minimum absolute atomic E-state index is 0.0500. The maximum atomic E-state index is 10.6. The van der Waals surface area contributed by atoms with Gasteiger partial charge in [0.15, 0.2) is 0 Å². The fourth-order valence-corrected chi connectivity index (χ4v) is 1.79. The van der Waals surface area contributed by atoms with Gasteiger partial charge in [0.1, 0.15) is 0 Å². The van der Waals surface area contributed by atoms with Crippen LogP contribution in [0.3, 0.4) is 0 Å². The van der Waals surface area contributed by atoms with Gasteiger partial charge in [-0.2, -0.15) is 0 Å². The van der Waals surface area contributed by atoms with E-state index >= 15 is 0 Å². The summed E-state index contributed by atoms with van der Waals surface area (Å²) in [5, 5.41) is 3.16. The zero-order valence-electron chi connectivity index (χ0n) is 6.72. The van der Waals surface area contributed by atoms with E-state index in [2.05, 4.69) is 5.32 Å². The van der Waals surface area contributed by atoms with Gasteiger partial charge < -0.3 is 5.32 Å². The summed E-state index contributed by atoms with van der Waals surface area (Å²) in [5.74, 6) is -0.0500. The molecule has 1 aliphatic rings. The highest BCUT2D eigenvalue weighted by atomic mass is 35.7. The average Bonchev–Trinajstić information content (AvgIpc) is 2.02. The Morgan fingerprint density at radius 3 is 2.83 bits per heavy atom. The lowest BCUT2D eigenvalue weighted by Gasteiger charge is -2.14. The molecule has 5 heteroatoms. The molecule has 0 aromatic rings. The summed E-state index contributed by atoms with van der Waals surface area (Å²) in [7, 11) is 1.70. The van der Waals surface area contributed by atoms with Crippen LogP contribution in [0.2, 0.25) is 0 Å². The van der Waals surface area contributed by atoms with E-state index < -0.39 is 9.05 Å². The summed E-state index contributed by atoms with van der Waals surface area (Å²) in [6.07, 6.45) is 3.77. The van der Waals surface area contributed by atoms with Crippen LogP contribution in [0.1, 0.15) is 12.8 Å². The van der Waals surface area contributed by atoms with Crippen molar-refractivity contribution in [1.29, 1.82) is 0 Å². The molecular formula is C7H12ClNO2S. The smallest absolute Gasteiger partial charge is 0.236 e. The molecular weight excluding hydrogens is 198 g/mol. The van der Waals surface area contributed by atoms with Gasteiger partial charge in [-0.1, -0.05) is 11.6 Å². The zero-order chi connectivity index (χ0) is 9.03. The Morgan fingerprint density at radius 2 is 2.33 bits per heavy atom. The summed E-state index contributed by atoms with van der Waals surface area (Å²) >= 11 is 0. The van der Waals surface area contributed by atoms with Crippen molar-refractivity contribution < 1.29 is 8.42 Å². The van der Waals surface area contributed by atoms with Crippen molar-refractivity contribution >= 4 is 19.7 Å². The molecule has 0 atom stereocenters. The molecule has 1 rings (SSSR count). The van der Waals surface area contributed by atoms with Crippen LogP contribution in [-0.4, -0.2) is 27.3 Å². The molecule has 0 aliphatic carbocycles. The molecule has 12 heavy (non-hydrogen) atoms. The number of rotatable bonds is 2. The second-order valence-corrected chi connectivity index (χ2v) is 5.67. The Morgan fingerprint density at radius 1 is 1.58 bits per heavy atom. The summed E-state index contributed by atoms with van der Waals surface area (Å²) < 4.78 is 21.1. The van der Waals surface area contributed by atoms with Crippen LogP contribution < -0.4 is 5.32 Å². The first-order valence-electron chi connectivity index (χ1n) is 3.89. The van der Waals surface area contributed by atoms with Crippen LogP contribution in [-0.2, 0) is 9.05 Å². The van der Waals surface area contributed by atoms with Crippen LogP contribution >= 0.6 is 10.7 Å². The van der Waals surface area contributed by atoms with Crippen molar-refractivity contribution in [2.45, 2.75) is 12.8 Å². The Labute approximate surface area is 77.2 Å². The molecule has 1 heterocycles. The highest BCUT2D eigenvalue weighted by Gasteiger charge is 2.06. The lowest BCUT2D eigenvalue weighted by Crippen LogP contribution is -2.24. The van der Waals surface area contributed by atoms with Crippen LogP contribution in [0.15, 0.2) is 11.6 Å². The summed E-state index contributed by atoms with van der Waals surface area (Å²) in [6.45, 7) is 1.82. The van der Waals surface area contributed by atoms with Crippen LogP contribution in [0, 0.1) is 0 Å². The first-order chi connectivity index (χ1) is 5.58. The lowest BCUT2D eigenvalue weighted by molar-refractivity contribution is 0.604. The molecule has 0 amide bonds. The zero-order valence-corrected chi connectivity index (χ0v) is 8.29. The standard InChI is InChI=1S/C7H12ClNO2S/c8-12(10,11)5-3-7-2-1-4-9-6-7/h3,9H,1-2,4-6H2/b7-3+. The van der Waals surface area contributed by atoms with Gasteiger partial charge in [-0.25, -0.2) is 8.42 Å². The molecule has 0 spiro atoms. The van der Waals surface area contributed by atoms with Gasteiger partial charge in [0.2, 0.25) is 9.05 Å². The largest absolute Gasteiger partial charge is 0.313 e. The fraction of sp³-hybridized carbons (Fsp3) is 0.714. The normalized spacial score (nSPS) is 22.9. The molecule has 0 bridgehead atoms. The van der Waals surface area contributed by atoms with E-state index in [1.807, 2.05) is 0 Å². The quantitative estimate of drug-likeness (QED) is 0.542. The van der Waals surface area contributed by atoms with Gasteiger partial charge in [0.05, 0.1) is 5.75 Å². The van der Waals surface area contributed by atoms with Crippen LogP contribution in [0.4, 0.5) is 0 Å². The van der Waals surface area contributed by atoms with Gasteiger partial charge >= 0.3 is 0 Å². The third kappa shape index (κ3) is 4.09. The first-order valence-corrected chi connectivity index (χ1v) is 6.37. The van der Waals surface area contributed by atoms with E-state index in [1.165, 1.54) is 0 Å². The summed E-state index contributed by atoms with van der Waals surface area (Å²) in [5.41, 5.74) is 1.14. The number of nitrogens with one attached hydrogen (secondary N) is 1. The Balaban J connectivity index is 2.45. The van der Waals surface area contributed by atoms with E-state index in [1.54, 1.807) is 6.08 Å². The number of hydrogen-bond donors (Lipinski definition) is 1. The molecule has 0 radical (unpaired) electrons. The van der Waals surface area contributed by atoms with Crippen molar-refractivity contribution in [3.05, 3.63) is 11.6 Å². The van der Waals surface area contributed by atoms with Crippen molar-refractivity contribution in [3.8, 4) is 0 Å². The van der Waals surface area contributed by atoms with E-state index in [9.17, 15) is 8.42 Å². The lowest BCUT2D eigenvalue weighted by atomic mass is 10.1. The van der Waals surface area contributed by atoms with Gasteiger partial charge in [-0.15, -0.1) is 0 Å². The molecule has 0 aromatic heterocycles. The molecule has 1 fully saturated rings. The van der Waals surface area contributed by atoms with Crippen molar-refractivity contribution in [2.24, 2.45) is 0 Å². The van der Waals surface area contributed by atoms with Gasteiger partial charge in [-0.05, 0) is 19.4 Å². The van der Waals surface area contributed by atoms with E-state index in [0.717, 1.165) is 31.5 Å². The van der Waals surface area contributed by atoms with E-state index in [4.69, 9.17) is 10.7 Å². The number of hydrogen-bond acceptors (Lipinski definition) is 3. The minimum Gasteiger partial charge on any atom is -0.313 e. The van der Waals surface area contributed by atoms with Crippen LogP contribution in [0.25, 0.3) is 0 Å². The summed E-state index contributed by atoms with van der Waals surface area (Å²) in [4.78, 5) is 0. The average molecular weight is 210 g/mol. The highest BCUT2D eigenvalue weighted by Crippen LogP contribution is 2.09. The van der Waals surface area contributed by atoms with Gasteiger partial charge in [0.25, 0.3) is 0 Å². The Bertz CT molecular complexity index is 263. The minimum atomic E-state index is -3.36. The Kier molecular flexibility index (Phi) is 3.55. The van der Waals surface area contributed by atoms with E-state index in [0.29, 0.717) is 0 Å². The third-order valence-corrected chi connectivity index (χ3v) is 2.72.